The van der Waals surface area contributed by atoms with E-state index < -0.39 is 0 Å². The van der Waals surface area contributed by atoms with Crippen LogP contribution in [0.4, 0.5) is 0 Å². The average Bonchev–Trinajstić information content (AvgIpc) is 2.74. The summed E-state index contributed by atoms with van der Waals surface area (Å²) in [5, 5.41) is 12.9. The van der Waals surface area contributed by atoms with Crippen molar-refractivity contribution in [1.29, 1.82) is 0 Å². The minimum Gasteiger partial charge on any atom is -0.507 e. The van der Waals surface area contributed by atoms with Crippen LogP contribution in [0.25, 0.3) is 0 Å². The number of aryl methyl sites for hydroxylation is 1. The molecule has 150 valence electrons. The summed E-state index contributed by atoms with van der Waals surface area (Å²) in [6, 6.07) is 23.4. The van der Waals surface area contributed by atoms with E-state index in [1.807, 2.05) is 18.2 Å². The lowest BCUT2D eigenvalue weighted by atomic mass is 10.1. The highest BCUT2D eigenvalue weighted by Crippen LogP contribution is 2.24. The fourth-order valence-electron chi connectivity index (χ4n) is 4.10. The molecule has 0 amide bonds. The van der Waals surface area contributed by atoms with Gasteiger partial charge >= 0.3 is 0 Å². The molecule has 29 heavy (non-hydrogen) atoms. The Morgan fingerprint density at radius 1 is 0.828 bits per heavy atom. The fourth-order valence-corrected chi connectivity index (χ4v) is 5.34. The van der Waals surface area contributed by atoms with Crippen molar-refractivity contribution in [1.82, 2.24) is 4.90 Å². The third-order valence-corrected chi connectivity index (χ3v) is 7.11. The standard InChI is InChI=1S/C26H30NOP/c1-20-10-13-25(23(16-20)19-27-14-6-3-7-15-27)29-26-18-22(11-12-24(26)28)17-21-8-4-2-5-9-21/h2,4-5,8-13,16,18,28-29H,3,6-7,14-15,17,19H2,1H3. The largest absolute Gasteiger partial charge is 0.507 e. The number of benzene rings is 3. The maximum atomic E-state index is 10.5. The predicted octanol–water partition coefficient (Wildman–Crippen LogP) is 4.91. The van der Waals surface area contributed by atoms with Crippen LogP contribution in [0.1, 0.15) is 41.5 Å². The van der Waals surface area contributed by atoms with Crippen molar-refractivity contribution in [2.75, 3.05) is 13.1 Å². The number of likely N-dealkylation sites (tertiary alicyclic amines) is 1. The van der Waals surface area contributed by atoms with Crippen LogP contribution in [0.2, 0.25) is 0 Å². The Balaban J connectivity index is 1.56. The van der Waals surface area contributed by atoms with Crippen LogP contribution in [0, 0.1) is 6.92 Å². The molecule has 3 heteroatoms. The van der Waals surface area contributed by atoms with Gasteiger partial charge in [-0.1, -0.05) is 75.2 Å². The smallest absolute Gasteiger partial charge is 0.123 e. The molecular weight excluding hydrogens is 373 g/mol. The van der Waals surface area contributed by atoms with Crippen LogP contribution in [-0.2, 0) is 13.0 Å². The van der Waals surface area contributed by atoms with E-state index in [0.717, 1.165) is 18.3 Å². The van der Waals surface area contributed by atoms with Crippen molar-refractivity contribution in [3.05, 3.63) is 89.0 Å². The van der Waals surface area contributed by atoms with Crippen molar-refractivity contribution < 1.29 is 5.11 Å². The summed E-state index contributed by atoms with van der Waals surface area (Å²) in [4.78, 5) is 2.58. The van der Waals surface area contributed by atoms with Gasteiger partial charge in [0.1, 0.15) is 5.75 Å². The molecule has 0 saturated carbocycles. The van der Waals surface area contributed by atoms with Gasteiger partial charge in [-0.05, 0) is 73.4 Å². The molecular formula is C26H30NOP. The van der Waals surface area contributed by atoms with Crippen LogP contribution >= 0.6 is 8.58 Å². The first-order chi connectivity index (χ1) is 14.2. The maximum absolute atomic E-state index is 10.5. The quantitative estimate of drug-likeness (QED) is 0.592. The molecule has 4 rings (SSSR count). The van der Waals surface area contributed by atoms with E-state index in [0.29, 0.717) is 14.3 Å². The number of phenols is 1. The second kappa shape index (κ2) is 9.57. The Morgan fingerprint density at radius 3 is 2.41 bits per heavy atom. The maximum Gasteiger partial charge on any atom is 0.123 e. The van der Waals surface area contributed by atoms with E-state index in [4.69, 9.17) is 0 Å². The monoisotopic (exact) mass is 403 g/mol. The SMILES string of the molecule is Cc1ccc(Pc2cc(Cc3ccccc3)ccc2O)c(CN2CCCCC2)c1. The van der Waals surface area contributed by atoms with Crippen LogP contribution in [0.15, 0.2) is 66.7 Å². The molecule has 1 heterocycles. The minimum atomic E-state index is 0.407. The molecule has 1 saturated heterocycles. The van der Waals surface area contributed by atoms with Crippen molar-refractivity contribution in [3.8, 4) is 5.75 Å². The zero-order valence-electron chi connectivity index (χ0n) is 17.2. The van der Waals surface area contributed by atoms with Crippen LogP contribution in [-0.4, -0.2) is 23.1 Å². The fraction of sp³-hybridized carbons (Fsp3) is 0.308. The molecule has 1 fully saturated rings. The van der Waals surface area contributed by atoms with Gasteiger partial charge in [-0.2, -0.15) is 0 Å². The zero-order chi connectivity index (χ0) is 20.1. The lowest BCUT2D eigenvalue weighted by Gasteiger charge is -2.27. The number of aromatic hydroxyl groups is 1. The van der Waals surface area contributed by atoms with Crippen LogP contribution in [0.5, 0.6) is 5.75 Å². The van der Waals surface area contributed by atoms with E-state index in [-0.39, 0.29) is 0 Å². The topological polar surface area (TPSA) is 23.5 Å². The van der Waals surface area contributed by atoms with Crippen molar-refractivity contribution in [3.63, 3.8) is 0 Å². The molecule has 1 unspecified atom stereocenters. The summed E-state index contributed by atoms with van der Waals surface area (Å²) in [7, 11) is 0.472. The Bertz CT molecular complexity index is 948. The van der Waals surface area contributed by atoms with Gasteiger partial charge in [0.25, 0.3) is 0 Å². The Morgan fingerprint density at radius 2 is 1.62 bits per heavy atom. The highest BCUT2D eigenvalue weighted by atomic mass is 31.1. The first-order valence-electron chi connectivity index (χ1n) is 10.6. The van der Waals surface area contributed by atoms with Gasteiger partial charge in [-0.3, -0.25) is 4.90 Å². The normalized spacial score (nSPS) is 15.2. The van der Waals surface area contributed by atoms with E-state index in [1.54, 1.807) is 0 Å². The van der Waals surface area contributed by atoms with Gasteiger partial charge < -0.3 is 5.11 Å². The molecule has 1 N–H and O–H groups in total. The number of nitrogens with zero attached hydrogens (tertiary/aromatic N) is 1. The number of piperidine rings is 1. The molecule has 0 spiro atoms. The lowest BCUT2D eigenvalue weighted by Crippen LogP contribution is -2.30. The third-order valence-electron chi connectivity index (χ3n) is 5.68. The first-order valence-corrected chi connectivity index (χ1v) is 11.6. The highest BCUT2D eigenvalue weighted by molar-refractivity contribution is 7.55. The molecule has 3 aromatic carbocycles. The first kappa shape index (κ1) is 20.1. The Labute approximate surface area is 176 Å². The number of hydrogen-bond acceptors (Lipinski definition) is 2. The summed E-state index contributed by atoms with van der Waals surface area (Å²) in [6.45, 7) is 5.60. The average molecular weight is 404 g/mol. The van der Waals surface area contributed by atoms with Crippen molar-refractivity contribution >= 4 is 19.2 Å². The zero-order valence-corrected chi connectivity index (χ0v) is 18.2. The van der Waals surface area contributed by atoms with E-state index in [9.17, 15) is 5.11 Å². The molecule has 0 bridgehead atoms. The molecule has 0 radical (unpaired) electrons. The van der Waals surface area contributed by atoms with Gasteiger partial charge in [-0.25, -0.2) is 0 Å². The van der Waals surface area contributed by atoms with Gasteiger partial charge in [0.15, 0.2) is 0 Å². The molecule has 0 aliphatic carbocycles. The Hall–Kier alpha value is -2.15. The van der Waals surface area contributed by atoms with E-state index in [1.165, 1.54) is 59.9 Å². The molecule has 1 aliphatic heterocycles. The summed E-state index contributed by atoms with van der Waals surface area (Å²) in [5.74, 6) is 0.407. The number of phenolic OH excluding ortho intramolecular Hbond substituents is 1. The summed E-state index contributed by atoms with van der Waals surface area (Å²) in [6.07, 6.45) is 4.88. The summed E-state index contributed by atoms with van der Waals surface area (Å²) < 4.78 is 0. The highest BCUT2D eigenvalue weighted by Gasteiger charge is 2.14. The molecule has 1 aliphatic rings. The van der Waals surface area contributed by atoms with Crippen LogP contribution < -0.4 is 10.6 Å². The van der Waals surface area contributed by atoms with Gasteiger partial charge in [0, 0.05) is 11.8 Å². The predicted molar refractivity (Wildman–Crippen MR) is 125 cm³/mol. The lowest BCUT2D eigenvalue weighted by molar-refractivity contribution is 0.221. The van der Waals surface area contributed by atoms with Gasteiger partial charge in [-0.15, -0.1) is 0 Å². The molecule has 2 nitrogen and oxygen atoms in total. The third kappa shape index (κ3) is 5.47. The van der Waals surface area contributed by atoms with E-state index >= 15 is 0 Å². The summed E-state index contributed by atoms with van der Waals surface area (Å²) in [5.41, 5.74) is 5.28. The second-order valence-corrected chi connectivity index (χ2v) is 9.46. The van der Waals surface area contributed by atoms with Gasteiger partial charge in [0.2, 0.25) is 0 Å². The minimum absolute atomic E-state index is 0.407. The molecule has 3 aromatic rings. The number of hydrogen-bond donors (Lipinski definition) is 1. The van der Waals surface area contributed by atoms with E-state index in [2.05, 4.69) is 60.4 Å². The number of rotatable bonds is 6. The van der Waals surface area contributed by atoms with Crippen molar-refractivity contribution in [2.45, 2.75) is 39.2 Å². The van der Waals surface area contributed by atoms with Crippen LogP contribution in [0.3, 0.4) is 0 Å². The van der Waals surface area contributed by atoms with Crippen molar-refractivity contribution in [2.24, 2.45) is 0 Å². The second-order valence-electron chi connectivity index (χ2n) is 8.14. The molecule has 1 atom stereocenters. The summed E-state index contributed by atoms with van der Waals surface area (Å²) >= 11 is 0. The Kier molecular flexibility index (Phi) is 6.64. The molecule has 0 aromatic heterocycles. The van der Waals surface area contributed by atoms with Gasteiger partial charge in [0.05, 0.1) is 0 Å².